The number of anilines is 1. The topological polar surface area (TPSA) is 52.7 Å². The summed E-state index contributed by atoms with van der Waals surface area (Å²) in [6, 6.07) is 8.45. The van der Waals surface area contributed by atoms with Crippen LogP contribution in [-0.2, 0) is 0 Å². The lowest BCUT2D eigenvalue weighted by molar-refractivity contribution is 0.0345. The minimum Gasteiger partial charge on any atom is -0.389 e. The first-order valence-corrected chi connectivity index (χ1v) is 7.41. The molecule has 4 nitrogen and oxygen atoms in total. The van der Waals surface area contributed by atoms with Gasteiger partial charge in [-0.2, -0.15) is 0 Å². The smallest absolute Gasteiger partial charge is 0.0718 e. The van der Waals surface area contributed by atoms with E-state index in [1.165, 1.54) is 11.3 Å². The molecule has 1 aliphatic rings. The SMILES string of the molecule is C[C@@H](N)c1ccccc1N1CCN(CC(C)(C)O)CC1. The first kappa shape index (κ1) is 15.3. The monoisotopic (exact) mass is 277 g/mol. The number of benzene rings is 1. The fraction of sp³-hybridized carbons (Fsp3) is 0.625. The van der Waals surface area contributed by atoms with E-state index in [-0.39, 0.29) is 6.04 Å². The lowest BCUT2D eigenvalue weighted by Crippen LogP contribution is -2.50. The van der Waals surface area contributed by atoms with E-state index >= 15 is 0 Å². The third-order valence-corrected chi connectivity index (χ3v) is 3.75. The lowest BCUT2D eigenvalue weighted by atomic mass is 10.0. The highest BCUT2D eigenvalue weighted by Crippen LogP contribution is 2.26. The largest absolute Gasteiger partial charge is 0.389 e. The number of hydrogen-bond donors (Lipinski definition) is 2. The molecule has 1 aromatic carbocycles. The number of β-amino-alcohol motifs (C(OH)–C–C–N with tert-alkyl or cyclic N) is 1. The normalized spacial score (nSPS) is 19.1. The summed E-state index contributed by atoms with van der Waals surface area (Å²) in [5.41, 5.74) is 7.91. The molecule has 0 saturated carbocycles. The van der Waals surface area contributed by atoms with Gasteiger partial charge >= 0.3 is 0 Å². The van der Waals surface area contributed by atoms with Gasteiger partial charge in [0.25, 0.3) is 0 Å². The Morgan fingerprint density at radius 1 is 1.20 bits per heavy atom. The number of nitrogens with zero attached hydrogens (tertiary/aromatic N) is 2. The molecule has 20 heavy (non-hydrogen) atoms. The summed E-state index contributed by atoms with van der Waals surface area (Å²) in [6.07, 6.45) is 0. The van der Waals surface area contributed by atoms with Gasteiger partial charge < -0.3 is 15.7 Å². The molecule has 1 fully saturated rings. The van der Waals surface area contributed by atoms with Crippen molar-refractivity contribution >= 4 is 5.69 Å². The Morgan fingerprint density at radius 2 is 1.80 bits per heavy atom. The standard InChI is InChI=1S/C16H27N3O/c1-13(17)14-6-4-5-7-15(14)19-10-8-18(9-11-19)12-16(2,3)20/h4-7,13,20H,8-12,17H2,1-3H3/t13-/m1/s1. The minimum absolute atomic E-state index is 0.0561. The van der Waals surface area contributed by atoms with E-state index in [2.05, 4.69) is 28.0 Å². The molecule has 4 heteroatoms. The molecule has 0 amide bonds. The van der Waals surface area contributed by atoms with Crippen molar-refractivity contribution in [1.82, 2.24) is 4.90 Å². The summed E-state index contributed by atoms with van der Waals surface area (Å²) >= 11 is 0. The van der Waals surface area contributed by atoms with Gasteiger partial charge in [-0.3, -0.25) is 4.90 Å². The zero-order valence-electron chi connectivity index (χ0n) is 12.8. The molecule has 0 aromatic heterocycles. The maximum absolute atomic E-state index is 9.90. The maximum Gasteiger partial charge on any atom is 0.0718 e. The summed E-state index contributed by atoms with van der Waals surface area (Å²) in [5.74, 6) is 0. The Labute approximate surface area is 122 Å². The predicted octanol–water partition coefficient (Wildman–Crippen LogP) is 1.60. The van der Waals surface area contributed by atoms with E-state index < -0.39 is 5.60 Å². The molecule has 2 rings (SSSR count). The Balaban J connectivity index is 2.01. The fourth-order valence-electron chi connectivity index (χ4n) is 2.85. The molecular weight excluding hydrogens is 250 g/mol. The quantitative estimate of drug-likeness (QED) is 0.878. The lowest BCUT2D eigenvalue weighted by Gasteiger charge is -2.39. The highest BCUT2D eigenvalue weighted by atomic mass is 16.3. The Hall–Kier alpha value is -1.10. The van der Waals surface area contributed by atoms with Crippen LogP contribution < -0.4 is 10.6 Å². The van der Waals surface area contributed by atoms with Crippen LogP contribution in [0.15, 0.2) is 24.3 Å². The van der Waals surface area contributed by atoms with Crippen LogP contribution in [0.1, 0.15) is 32.4 Å². The molecular formula is C16H27N3O. The van der Waals surface area contributed by atoms with Crippen molar-refractivity contribution in [2.45, 2.75) is 32.4 Å². The number of para-hydroxylation sites is 1. The van der Waals surface area contributed by atoms with Crippen LogP contribution in [0.4, 0.5) is 5.69 Å². The number of nitrogens with two attached hydrogens (primary N) is 1. The molecule has 0 spiro atoms. The molecule has 3 N–H and O–H groups in total. The number of piperazine rings is 1. The van der Waals surface area contributed by atoms with Crippen molar-refractivity contribution in [1.29, 1.82) is 0 Å². The van der Waals surface area contributed by atoms with Crippen LogP contribution in [-0.4, -0.2) is 48.3 Å². The zero-order valence-corrected chi connectivity index (χ0v) is 12.8. The van der Waals surface area contributed by atoms with E-state index in [0.29, 0.717) is 0 Å². The van der Waals surface area contributed by atoms with E-state index in [1.54, 1.807) is 0 Å². The number of aliphatic hydroxyl groups is 1. The zero-order chi connectivity index (χ0) is 14.8. The molecule has 1 atom stereocenters. The van der Waals surface area contributed by atoms with Crippen LogP contribution in [0.5, 0.6) is 0 Å². The second kappa shape index (κ2) is 6.12. The summed E-state index contributed by atoms with van der Waals surface area (Å²) in [4.78, 5) is 4.73. The second-order valence-corrected chi connectivity index (χ2v) is 6.42. The van der Waals surface area contributed by atoms with Crippen molar-refractivity contribution in [2.75, 3.05) is 37.6 Å². The molecule has 0 aliphatic carbocycles. The van der Waals surface area contributed by atoms with E-state index in [9.17, 15) is 5.11 Å². The van der Waals surface area contributed by atoms with Gasteiger partial charge in [0.1, 0.15) is 0 Å². The molecule has 1 aromatic rings. The average Bonchev–Trinajstić information content (AvgIpc) is 2.38. The predicted molar refractivity (Wildman–Crippen MR) is 84.0 cm³/mol. The van der Waals surface area contributed by atoms with Gasteiger partial charge in [0.05, 0.1) is 5.60 Å². The van der Waals surface area contributed by atoms with Gasteiger partial charge in [0.2, 0.25) is 0 Å². The minimum atomic E-state index is -0.619. The van der Waals surface area contributed by atoms with Crippen molar-refractivity contribution in [2.24, 2.45) is 5.73 Å². The van der Waals surface area contributed by atoms with Gasteiger partial charge in [-0.1, -0.05) is 18.2 Å². The van der Waals surface area contributed by atoms with Crippen molar-refractivity contribution in [3.05, 3.63) is 29.8 Å². The highest BCUT2D eigenvalue weighted by molar-refractivity contribution is 5.55. The molecule has 0 bridgehead atoms. The van der Waals surface area contributed by atoms with Crippen molar-refractivity contribution in [3.63, 3.8) is 0 Å². The second-order valence-electron chi connectivity index (χ2n) is 6.42. The van der Waals surface area contributed by atoms with Crippen molar-refractivity contribution < 1.29 is 5.11 Å². The third-order valence-electron chi connectivity index (χ3n) is 3.75. The first-order chi connectivity index (χ1) is 9.37. The first-order valence-electron chi connectivity index (χ1n) is 7.41. The van der Waals surface area contributed by atoms with Crippen LogP contribution in [0, 0.1) is 0 Å². The Kier molecular flexibility index (Phi) is 4.68. The van der Waals surface area contributed by atoms with Crippen LogP contribution in [0.2, 0.25) is 0 Å². The van der Waals surface area contributed by atoms with Gasteiger partial charge in [0, 0.05) is 44.5 Å². The Morgan fingerprint density at radius 3 is 2.35 bits per heavy atom. The summed E-state index contributed by atoms with van der Waals surface area (Å²) < 4.78 is 0. The molecule has 0 radical (unpaired) electrons. The van der Waals surface area contributed by atoms with Gasteiger partial charge in [-0.25, -0.2) is 0 Å². The summed E-state index contributed by atoms with van der Waals surface area (Å²) in [5, 5.41) is 9.90. The average molecular weight is 277 g/mol. The van der Waals surface area contributed by atoms with Crippen molar-refractivity contribution in [3.8, 4) is 0 Å². The third kappa shape index (κ3) is 3.95. The van der Waals surface area contributed by atoms with Gasteiger partial charge in [-0.05, 0) is 32.4 Å². The summed E-state index contributed by atoms with van der Waals surface area (Å²) in [7, 11) is 0. The van der Waals surface area contributed by atoms with E-state index in [1.807, 2.05) is 26.8 Å². The van der Waals surface area contributed by atoms with Crippen LogP contribution in [0.3, 0.4) is 0 Å². The van der Waals surface area contributed by atoms with Crippen LogP contribution in [0.25, 0.3) is 0 Å². The van der Waals surface area contributed by atoms with Crippen LogP contribution >= 0.6 is 0 Å². The van der Waals surface area contributed by atoms with E-state index in [4.69, 9.17) is 5.73 Å². The molecule has 112 valence electrons. The maximum atomic E-state index is 9.90. The Bertz CT molecular complexity index is 432. The summed E-state index contributed by atoms with van der Waals surface area (Å²) in [6.45, 7) is 10.4. The van der Waals surface area contributed by atoms with E-state index in [0.717, 1.165) is 32.7 Å². The molecule has 0 unspecified atom stereocenters. The fourth-order valence-corrected chi connectivity index (χ4v) is 2.85. The molecule has 1 aliphatic heterocycles. The van der Waals surface area contributed by atoms with Gasteiger partial charge in [-0.15, -0.1) is 0 Å². The molecule has 1 heterocycles. The highest BCUT2D eigenvalue weighted by Gasteiger charge is 2.23. The number of rotatable bonds is 4. The van der Waals surface area contributed by atoms with Gasteiger partial charge in [0.15, 0.2) is 0 Å². The number of hydrogen-bond acceptors (Lipinski definition) is 4. The molecule has 1 saturated heterocycles.